The Bertz CT molecular complexity index is 582. The summed E-state index contributed by atoms with van der Waals surface area (Å²) < 4.78 is 12.7. The summed E-state index contributed by atoms with van der Waals surface area (Å²) in [7, 11) is 0. The highest BCUT2D eigenvalue weighted by Gasteiger charge is 2.08. The van der Waals surface area contributed by atoms with Gasteiger partial charge in [-0.1, -0.05) is 0 Å². The molecule has 18 heavy (non-hydrogen) atoms. The average molecular weight is 246 g/mol. The molecule has 0 atom stereocenters. The molecule has 0 aliphatic rings. The summed E-state index contributed by atoms with van der Waals surface area (Å²) in [6.07, 6.45) is 0. The molecule has 0 unspecified atom stereocenters. The predicted octanol–water partition coefficient (Wildman–Crippen LogP) is 2.85. The molecule has 0 aliphatic carbocycles. The van der Waals surface area contributed by atoms with Gasteiger partial charge in [0.1, 0.15) is 5.82 Å². The van der Waals surface area contributed by atoms with Gasteiger partial charge in [0, 0.05) is 17.1 Å². The first-order chi connectivity index (χ1) is 8.56. The second kappa shape index (κ2) is 4.75. The maximum absolute atomic E-state index is 12.7. The fourth-order valence-electron chi connectivity index (χ4n) is 1.52. The van der Waals surface area contributed by atoms with E-state index in [4.69, 9.17) is 10.8 Å². The molecule has 2 aromatic rings. The molecule has 0 saturated carbocycles. The van der Waals surface area contributed by atoms with Gasteiger partial charge < -0.3 is 16.2 Å². The number of carbonyl (C=O) groups is 1. The van der Waals surface area contributed by atoms with Crippen LogP contribution >= 0.6 is 0 Å². The second-order valence-electron chi connectivity index (χ2n) is 3.74. The lowest BCUT2D eigenvalue weighted by Gasteiger charge is -2.08. The Kier molecular flexibility index (Phi) is 3.14. The minimum atomic E-state index is -1.09. The minimum Gasteiger partial charge on any atom is -0.478 e. The molecule has 5 heteroatoms. The van der Waals surface area contributed by atoms with Crippen LogP contribution in [0.1, 0.15) is 10.4 Å². The van der Waals surface area contributed by atoms with Gasteiger partial charge in [-0.05, 0) is 42.5 Å². The van der Waals surface area contributed by atoms with Gasteiger partial charge in [-0.15, -0.1) is 0 Å². The summed E-state index contributed by atoms with van der Waals surface area (Å²) in [6.45, 7) is 0. The van der Waals surface area contributed by atoms with Crippen LogP contribution in [0.4, 0.5) is 21.5 Å². The standard InChI is InChI=1S/C13H11FN2O2/c14-8-1-3-9(4-2-8)16-10-5-6-12(15)11(7-10)13(17)18/h1-7,16H,15H2,(H,17,18). The molecule has 2 aromatic carbocycles. The number of carboxylic acids is 1. The number of nitrogen functional groups attached to an aromatic ring is 1. The van der Waals surface area contributed by atoms with Gasteiger partial charge >= 0.3 is 5.97 Å². The summed E-state index contributed by atoms with van der Waals surface area (Å²) in [6, 6.07) is 10.4. The van der Waals surface area contributed by atoms with E-state index in [1.807, 2.05) is 0 Å². The Balaban J connectivity index is 2.27. The van der Waals surface area contributed by atoms with Gasteiger partial charge in [0.2, 0.25) is 0 Å². The molecule has 92 valence electrons. The fraction of sp³-hybridized carbons (Fsp3) is 0. The average Bonchev–Trinajstić information content (AvgIpc) is 2.34. The lowest BCUT2D eigenvalue weighted by Crippen LogP contribution is -2.03. The minimum absolute atomic E-state index is 0.0297. The van der Waals surface area contributed by atoms with Gasteiger partial charge in [-0.2, -0.15) is 0 Å². The normalized spacial score (nSPS) is 10.1. The number of hydrogen-bond acceptors (Lipinski definition) is 3. The summed E-state index contributed by atoms with van der Waals surface area (Å²) >= 11 is 0. The quantitative estimate of drug-likeness (QED) is 0.728. The molecule has 0 saturated heterocycles. The molecule has 0 aliphatic heterocycles. The number of nitrogens with two attached hydrogens (primary N) is 1. The summed E-state index contributed by atoms with van der Waals surface area (Å²) in [5, 5.41) is 11.9. The number of aromatic carboxylic acids is 1. The van der Waals surface area contributed by atoms with Crippen LogP contribution in [0.15, 0.2) is 42.5 Å². The molecule has 4 nitrogen and oxygen atoms in total. The van der Waals surface area contributed by atoms with Crippen LogP contribution in [-0.2, 0) is 0 Å². The number of rotatable bonds is 3. The molecule has 2 rings (SSSR count). The van der Waals surface area contributed by atoms with Crippen LogP contribution in [-0.4, -0.2) is 11.1 Å². The predicted molar refractivity (Wildman–Crippen MR) is 67.5 cm³/mol. The number of carboxylic acid groups (broad SMARTS) is 1. The first kappa shape index (κ1) is 11.9. The molecule has 0 aromatic heterocycles. The van der Waals surface area contributed by atoms with Crippen molar-refractivity contribution >= 4 is 23.0 Å². The third-order valence-electron chi connectivity index (χ3n) is 2.42. The van der Waals surface area contributed by atoms with E-state index in [0.717, 1.165) is 0 Å². The number of anilines is 3. The molecule has 0 radical (unpaired) electrons. The van der Waals surface area contributed by atoms with E-state index in [0.29, 0.717) is 11.4 Å². The van der Waals surface area contributed by atoms with Crippen molar-refractivity contribution in [3.05, 3.63) is 53.8 Å². The van der Waals surface area contributed by atoms with Crippen LogP contribution in [0, 0.1) is 5.82 Å². The smallest absolute Gasteiger partial charge is 0.337 e. The van der Waals surface area contributed by atoms with Crippen molar-refractivity contribution < 1.29 is 14.3 Å². The fourth-order valence-corrected chi connectivity index (χ4v) is 1.52. The van der Waals surface area contributed by atoms with Gasteiger partial charge in [0.05, 0.1) is 5.56 Å². The van der Waals surface area contributed by atoms with E-state index < -0.39 is 5.97 Å². The Hall–Kier alpha value is -2.56. The van der Waals surface area contributed by atoms with E-state index in [-0.39, 0.29) is 17.1 Å². The zero-order valence-electron chi connectivity index (χ0n) is 9.35. The highest BCUT2D eigenvalue weighted by atomic mass is 19.1. The summed E-state index contributed by atoms with van der Waals surface area (Å²) in [5.41, 5.74) is 7.02. The van der Waals surface area contributed by atoms with Gasteiger partial charge in [0.25, 0.3) is 0 Å². The van der Waals surface area contributed by atoms with E-state index in [9.17, 15) is 9.18 Å². The molecule has 0 fully saturated rings. The van der Waals surface area contributed by atoms with Crippen molar-refractivity contribution in [3.63, 3.8) is 0 Å². The monoisotopic (exact) mass is 246 g/mol. The zero-order valence-corrected chi connectivity index (χ0v) is 9.35. The molecule has 0 heterocycles. The van der Waals surface area contributed by atoms with E-state index >= 15 is 0 Å². The lowest BCUT2D eigenvalue weighted by molar-refractivity contribution is 0.0698. The van der Waals surface area contributed by atoms with Gasteiger partial charge in [-0.25, -0.2) is 9.18 Å². The molecule has 0 amide bonds. The van der Waals surface area contributed by atoms with Crippen molar-refractivity contribution in [1.29, 1.82) is 0 Å². The molecule has 0 bridgehead atoms. The van der Waals surface area contributed by atoms with Gasteiger partial charge in [0.15, 0.2) is 0 Å². The number of nitrogens with one attached hydrogen (secondary N) is 1. The Labute approximate surface area is 103 Å². The first-order valence-electron chi connectivity index (χ1n) is 5.21. The number of halogens is 1. The molecule has 4 N–H and O–H groups in total. The highest BCUT2D eigenvalue weighted by molar-refractivity contribution is 5.95. The Morgan fingerprint density at radius 3 is 2.33 bits per heavy atom. The highest BCUT2D eigenvalue weighted by Crippen LogP contribution is 2.21. The van der Waals surface area contributed by atoms with Crippen LogP contribution in [0.2, 0.25) is 0 Å². The van der Waals surface area contributed by atoms with Crippen LogP contribution in [0.25, 0.3) is 0 Å². The maximum atomic E-state index is 12.7. The maximum Gasteiger partial charge on any atom is 0.337 e. The molecule has 0 spiro atoms. The number of hydrogen-bond donors (Lipinski definition) is 3. The SMILES string of the molecule is Nc1ccc(Nc2ccc(F)cc2)cc1C(=O)O. The summed E-state index contributed by atoms with van der Waals surface area (Å²) in [5.74, 6) is -1.42. The van der Waals surface area contributed by atoms with E-state index in [1.54, 1.807) is 18.2 Å². The van der Waals surface area contributed by atoms with Gasteiger partial charge in [-0.3, -0.25) is 0 Å². The van der Waals surface area contributed by atoms with Crippen molar-refractivity contribution in [3.8, 4) is 0 Å². The topological polar surface area (TPSA) is 75.3 Å². The Morgan fingerprint density at radius 2 is 1.72 bits per heavy atom. The lowest BCUT2D eigenvalue weighted by atomic mass is 10.1. The number of benzene rings is 2. The zero-order chi connectivity index (χ0) is 13.1. The van der Waals surface area contributed by atoms with E-state index in [1.165, 1.54) is 24.3 Å². The van der Waals surface area contributed by atoms with Crippen LogP contribution < -0.4 is 11.1 Å². The second-order valence-corrected chi connectivity index (χ2v) is 3.74. The molecular formula is C13H11FN2O2. The van der Waals surface area contributed by atoms with Crippen LogP contribution in [0.5, 0.6) is 0 Å². The Morgan fingerprint density at radius 1 is 1.11 bits per heavy atom. The third-order valence-corrected chi connectivity index (χ3v) is 2.42. The molecular weight excluding hydrogens is 235 g/mol. The van der Waals surface area contributed by atoms with Crippen molar-refractivity contribution in [2.45, 2.75) is 0 Å². The van der Waals surface area contributed by atoms with E-state index in [2.05, 4.69) is 5.32 Å². The van der Waals surface area contributed by atoms with Crippen molar-refractivity contribution in [1.82, 2.24) is 0 Å². The van der Waals surface area contributed by atoms with Crippen molar-refractivity contribution in [2.75, 3.05) is 11.1 Å². The third kappa shape index (κ3) is 2.57. The van der Waals surface area contributed by atoms with Crippen LogP contribution in [0.3, 0.4) is 0 Å². The first-order valence-corrected chi connectivity index (χ1v) is 5.21. The summed E-state index contributed by atoms with van der Waals surface area (Å²) in [4.78, 5) is 10.9. The largest absolute Gasteiger partial charge is 0.478 e. The van der Waals surface area contributed by atoms with Crippen molar-refractivity contribution in [2.24, 2.45) is 0 Å².